The summed E-state index contributed by atoms with van der Waals surface area (Å²) < 4.78 is 26.1. The van der Waals surface area contributed by atoms with Gasteiger partial charge >= 0.3 is 0 Å². The van der Waals surface area contributed by atoms with E-state index in [0.29, 0.717) is 0 Å². The van der Waals surface area contributed by atoms with Crippen LogP contribution in [-0.4, -0.2) is 19.8 Å². The second-order valence-corrected chi connectivity index (χ2v) is 8.15. The first-order chi connectivity index (χ1) is 11.9. The molecule has 0 saturated carbocycles. The molecule has 2 rings (SSSR count). The highest BCUT2D eigenvalue weighted by molar-refractivity contribution is 7.89. The summed E-state index contributed by atoms with van der Waals surface area (Å²) in [5, 5.41) is 0. The minimum absolute atomic E-state index is 0.251. The predicted octanol–water partition coefficient (Wildman–Crippen LogP) is 4.36. The van der Waals surface area contributed by atoms with E-state index in [2.05, 4.69) is 31.0 Å². The van der Waals surface area contributed by atoms with Gasteiger partial charge in [-0.25, -0.2) is 12.7 Å². The summed E-state index contributed by atoms with van der Waals surface area (Å²) >= 11 is 0. The lowest BCUT2D eigenvalue weighted by atomic mass is 10.1. The highest BCUT2D eigenvalue weighted by Gasteiger charge is 2.17. The van der Waals surface area contributed by atoms with Gasteiger partial charge in [0.15, 0.2) is 0 Å². The van der Waals surface area contributed by atoms with Gasteiger partial charge < -0.3 is 0 Å². The van der Waals surface area contributed by atoms with Crippen LogP contribution in [0.25, 0.3) is 0 Å². The van der Waals surface area contributed by atoms with Crippen LogP contribution >= 0.6 is 0 Å². The van der Waals surface area contributed by atoms with Crippen LogP contribution in [0.4, 0.5) is 0 Å². The summed E-state index contributed by atoms with van der Waals surface area (Å²) in [7, 11) is -2.12. The Kier molecular flexibility index (Phi) is 6.66. The van der Waals surface area contributed by atoms with Crippen LogP contribution in [0.15, 0.2) is 53.4 Å². The van der Waals surface area contributed by atoms with E-state index in [1.165, 1.54) is 31.9 Å². The normalized spacial score (nSPS) is 10.8. The number of unbranched alkanes of at least 4 members (excludes halogenated alkanes) is 2. The molecule has 132 valence electrons. The molecule has 3 nitrogen and oxygen atoms in total. The first-order valence-corrected chi connectivity index (χ1v) is 10.0. The summed E-state index contributed by atoms with van der Waals surface area (Å²) in [6.07, 6.45) is 4.72. The smallest absolute Gasteiger partial charge is 0.227 e. The maximum atomic E-state index is 12.5. The molecule has 0 amide bonds. The van der Waals surface area contributed by atoms with Crippen LogP contribution in [0.5, 0.6) is 0 Å². The van der Waals surface area contributed by atoms with Gasteiger partial charge in [0.1, 0.15) is 0 Å². The third-order valence-electron chi connectivity index (χ3n) is 4.06. The van der Waals surface area contributed by atoms with Gasteiger partial charge in [0.25, 0.3) is 10.0 Å². The Bertz CT molecular complexity index is 842. The summed E-state index contributed by atoms with van der Waals surface area (Å²) in [6, 6.07) is 17.5. The van der Waals surface area contributed by atoms with Crippen molar-refractivity contribution in [3.05, 3.63) is 65.2 Å². The molecule has 25 heavy (non-hydrogen) atoms. The van der Waals surface area contributed by atoms with E-state index < -0.39 is 10.0 Å². The van der Waals surface area contributed by atoms with Crippen molar-refractivity contribution in [3.63, 3.8) is 0 Å². The highest BCUT2D eigenvalue weighted by atomic mass is 32.2. The number of benzene rings is 2. The molecule has 0 unspecified atom stereocenters. The van der Waals surface area contributed by atoms with Crippen LogP contribution in [0.2, 0.25) is 0 Å². The quantitative estimate of drug-likeness (QED) is 0.439. The van der Waals surface area contributed by atoms with E-state index in [1.807, 2.05) is 19.1 Å². The van der Waals surface area contributed by atoms with Crippen LogP contribution in [0, 0.1) is 18.9 Å². The molecule has 0 bridgehead atoms. The molecule has 2 aromatic rings. The highest BCUT2D eigenvalue weighted by Crippen LogP contribution is 2.14. The fourth-order valence-electron chi connectivity index (χ4n) is 2.41. The lowest BCUT2D eigenvalue weighted by molar-refractivity contribution is 0.547. The van der Waals surface area contributed by atoms with E-state index >= 15 is 0 Å². The summed E-state index contributed by atoms with van der Waals surface area (Å²) in [6.45, 7) is 4.12. The standard InChI is InChI=1S/C21H25NO2S/c1-4-5-6-7-19-10-12-20(13-11-19)16-17-22(3)25(23,24)21-14-8-18(2)9-15-21/h8-15H,4-7H2,1-3H3. The molecule has 0 aliphatic heterocycles. The van der Waals surface area contributed by atoms with Gasteiger partial charge in [-0.3, -0.25) is 0 Å². The number of sulfonamides is 1. The van der Waals surface area contributed by atoms with E-state index in [4.69, 9.17) is 0 Å². The second-order valence-electron chi connectivity index (χ2n) is 6.18. The van der Waals surface area contributed by atoms with Crippen LogP contribution in [0.3, 0.4) is 0 Å². The Morgan fingerprint density at radius 3 is 2.20 bits per heavy atom. The van der Waals surface area contributed by atoms with Gasteiger partial charge in [-0.05, 0) is 55.5 Å². The fourth-order valence-corrected chi connectivity index (χ4v) is 3.37. The molecule has 0 fully saturated rings. The van der Waals surface area contributed by atoms with Gasteiger partial charge in [-0.1, -0.05) is 49.6 Å². The molecule has 0 aliphatic rings. The van der Waals surface area contributed by atoms with Crippen LogP contribution in [-0.2, 0) is 16.4 Å². The molecule has 0 spiro atoms. The number of hydrogen-bond acceptors (Lipinski definition) is 2. The van der Waals surface area contributed by atoms with Crippen molar-refractivity contribution < 1.29 is 8.42 Å². The Morgan fingerprint density at radius 2 is 1.60 bits per heavy atom. The maximum absolute atomic E-state index is 12.5. The van der Waals surface area contributed by atoms with Crippen molar-refractivity contribution in [1.29, 1.82) is 0 Å². The molecule has 0 radical (unpaired) electrons. The topological polar surface area (TPSA) is 37.4 Å². The van der Waals surface area contributed by atoms with E-state index in [1.54, 1.807) is 24.3 Å². The Morgan fingerprint density at radius 1 is 0.960 bits per heavy atom. The first-order valence-electron chi connectivity index (χ1n) is 8.59. The Hall–Kier alpha value is -2.25. The predicted molar refractivity (Wildman–Crippen MR) is 103 cm³/mol. The van der Waals surface area contributed by atoms with Crippen molar-refractivity contribution in [1.82, 2.24) is 4.31 Å². The van der Waals surface area contributed by atoms with Gasteiger partial charge in [-0.2, -0.15) is 0 Å². The molecular weight excluding hydrogens is 330 g/mol. The molecule has 0 aliphatic carbocycles. The molecule has 0 aromatic heterocycles. The Balaban J connectivity index is 2.07. The average molecular weight is 356 g/mol. The number of nitrogens with zero attached hydrogens (tertiary/aromatic N) is 1. The van der Waals surface area contributed by atoms with Gasteiger partial charge in [-0.15, -0.1) is 0 Å². The van der Waals surface area contributed by atoms with Crippen molar-refractivity contribution in [2.75, 3.05) is 7.05 Å². The zero-order chi connectivity index (χ0) is 18.3. The van der Waals surface area contributed by atoms with Crippen molar-refractivity contribution in [2.24, 2.45) is 0 Å². The Labute approximate surface area is 151 Å². The third kappa shape index (κ3) is 5.37. The minimum atomic E-state index is -3.59. The summed E-state index contributed by atoms with van der Waals surface area (Å²) in [5.74, 6) is 2.92. The number of rotatable bonds is 6. The zero-order valence-corrected chi connectivity index (χ0v) is 15.9. The lowest BCUT2D eigenvalue weighted by Gasteiger charge is -2.12. The molecule has 0 N–H and O–H groups in total. The molecule has 0 atom stereocenters. The maximum Gasteiger partial charge on any atom is 0.270 e. The average Bonchev–Trinajstić information content (AvgIpc) is 2.61. The molecule has 2 aromatic carbocycles. The first kappa shape index (κ1) is 19.1. The summed E-state index contributed by atoms with van der Waals surface area (Å²) in [5.41, 5.74) is 3.12. The monoisotopic (exact) mass is 355 g/mol. The molecular formula is C21H25NO2S. The van der Waals surface area contributed by atoms with Crippen molar-refractivity contribution in [3.8, 4) is 12.0 Å². The summed E-state index contributed by atoms with van der Waals surface area (Å²) in [4.78, 5) is 0.251. The van der Waals surface area contributed by atoms with E-state index in [0.717, 1.165) is 21.9 Å². The van der Waals surface area contributed by atoms with Crippen LogP contribution < -0.4 is 0 Å². The lowest BCUT2D eigenvalue weighted by Crippen LogP contribution is -2.22. The van der Waals surface area contributed by atoms with Crippen LogP contribution in [0.1, 0.15) is 42.9 Å². The third-order valence-corrected chi connectivity index (χ3v) is 5.74. The van der Waals surface area contributed by atoms with Crippen molar-refractivity contribution >= 4 is 10.0 Å². The van der Waals surface area contributed by atoms with E-state index in [-0.39, 0.29) is 4.90 Å². The van der Waals surface area contributed by atoms with E-state index in [9.17, 15) is 8.42 Å². The second kappa shape index (κ2) is 8.73. The van der Waals surface area contributed by atoms with Gasteiger partial charge in [0.2, 0.25) is 0 Å². The fraction of sp³-hybridized carbons (Fsp3) is 0.333. The molecule has 4 heteroatoms. The van der Waals surface area contributed by atoms with Gasteiger partial charge in [0.05, 0.1) is 4.90 Å². The zero-order valence-electron chi connectivity index (χ0n) is 15.1. The molecule has 0 saturated heterocycles. The van der Waals surface area contributed by atoms with Crippen molar-refractivity contribution in [2.45, 2.75) is 44.4 Å². The van der Waals surface area contributed by atoms with Gasteiger partial charge in [0, 0.05) is 18.7 Å². The minimum Gasteiger partial charge on any atom is -0.227 e. The number of hydrogen-bond donors (Lipinski definition) is 0. The molecule has 0 heterocycles. The largest absolute Gasteiger partial charge is 0.270 e. The number of aryl methyl sites for hydroxylation is 2. The SMILES string of the molecule is CCCCCc1ccc(C#CN(C)S(=O)(=O)c2ccc(C)cc2)cc1.